The predicted octanol–water partition coefficient (Wildman–Crippen LogP) is 5.63. The van der Waals surface area contributed by atoms with Crippen molar-refractivity contribution in [3.8, 4) is 11.3 Å². The highest BCUT2D eigenvalue weighted by atomic mass is 32.1. The molecule has 0 bridgehead atoms. The van der Waals surface area contributed by atoms with E-state index in [0.717, 1.165) is 30.5 Å². The number of hydrogen-bond acceptors (Lipinski definition) is 3. The van der Waals surface area contributed by atoms with Gasteiger partial charge in [0, 0.05) is 17.4 Å². The zero-order valence-electron chi connectivity index (χ0n) is 14.5. The molecule has 124 valence electrons. The fourth-order valence-corrected chi connectivity index (χ4v) is 3.06. The smallest absolute Gasteiger partial charge is 0.226 e. The Morgan fingerprint density at radius 2 is 1.87 bits per heavy atom. The van der Waals surface area contributed by atoms with E-state index < -0.39 is 0 Å². The number of rotatable bonds is 6. The molecule has 0 saturated carbocycles. The number of aromatic nitrogens is 1. The van der Waals surface area contributed by atoms with Crippen LogP contribution in [0.3, 0.4) is 0 Å². The minimum absolute atomic E-state index is 0.0578. The van der Waals surface area contributed by atoms with E-state index in [4.69, 9.17) is 0 Å². The van der Waals surface area contributed by atoms with Crippen LogP contribution in [0.5, 0.6) is 0 Å². The molecular formula is C19H26N2OS. The standard InChI is InChI=1S/C19H26N2OS/c1-5-6-7-8-17(22)21-18-20-16(13-23-18)14-9-11-15(12-10-14)19(2,3)4/h9-13H,5-8H2,1-4H3,(H,20,21,22). The number of hydrogen-bond donors (Lipinski definition) is 1. The van der Waals surface area contributed by atoms with Crippen molar-refractivity contribution in [2.75, 3.05) is 5.32 Å². The van der Waals surface area contributed by atoms with Crippen LogP contribution in [0.1, 0.15) is 58.9 Å². The lowest BCUT2D eigenvalue weighted by Gasteiger charge is -2.18. The maximum absolute atomic E-state index is 11.8. The van der Waals surface area contributed by atoms with Gasteiger partial charge in [0.05, 0.1) is 5.69 Å². The second-order valence-electron chi connectivity index (χ2n) is 6.87. The number of carbonyl (C=O) groups is 1. The van der Waals surface area contributed by atoms with Crippen molar-refractivity contribution in [3.05, 3.63) is 35.2 Å². The third kappa shape index (κ3) is 5.17. The summed E-state index contributed by atoms with van der Waals surface area (Å²) >= 11 is 1.48. The molecule has 4 heteroatoms. The van der Waals surface area contributed by atoms with Gasteiger partial charge in [0.15, 0.2) is 5.13 Å². The summed E-state index contributed by atoms with van der Waals surface area (Å²) in [4.78, 5) is 16.4. The summed E-state index contributed by atoms with van der Waals surface area (Å²) in [5.41, 5.74) is 3.46. The van der Waals surface area contributed by atoms with Gasteiger partial charge in [-0.3, -0.25) is 4.79 Å². The Morgan fingerprint density at radius 3 is 2.48 bits per heavy atom. The zero-order valence-corrected chi connectivity index (χ0v) is 15.3. The highest BCUT2D eigenvalue weighted by molar-refractivity contribution is 7.14. The van der Waals surface area contributed by atoms with Crippen LogP contribution in [-0.2, 0) is 10.2 Å². The number of carbonyl (C=O) groups excluding carboxylic acids is 1. The molecule has 0 unspecified atom stereocenters. The van der Waals surface area contributed by atoms with Crippen molar-refractivity contribution in [2.24, 2.45) is 0 Å². The molecule has 0 aliphatic rings. The molecule has 1 aromatic carbocycles. The number of anilines is 1. The van der Waals surface area contributed by atoms with Gasteiger partial charge in [-0.15, -0.1) is 11.3 Å². The summed E-state index contributed by atoms with van der Waals surface area (Å²) in [5, 5.41) is 5.57. The van der Waals surface area contributed by atoms with Gasteiger partial charge in [-0.1, -0.05) is 64.8 Å². The minimum Gasteiger partial charge on any atom is -0.302 e. The SMILES string of the molecule is CCCCCC(=O)Nc1nc(-c2ccc(C(C)(C)C)cc2)cs1. The number of amides is 1. The van der Waals surface area contributed by atoms with Gasteiger partial charge in [0.1, 0.15) is 0 Å². The number of nitrogens with zero attached hydrogens (tertiary/aromatic N) is 1. The molecular weight excluding hydrogens is 304 g/mol. The van der Waals surface area contributed by atoms with Gasteiger partial charge in [0.2, 0.25) is 5.91 Å². The first kappa shape index (κ1) is 17.7. The summed E-state index contributed by atoms with van der Waals surface area (Å²) in [7, 11) is 0. The summed E-state index contributed by atoms with van der Waals surface area (Å²) in [6, 6.07) is 8.50. The van der Waals surface area contributed by atoms with E-state index in [2.05, 4.69) is 62.3 Å². The molecule has 1 N–H and O–H groups in total. The Hall–Kier alpha value is -1.68. The van der Waals surface area contributed by atoms with Gasteiger partial charge in [-0.05, 0) is 17.4 Å². The summed E-state index contributed by atoms with van der Waals surface area (Å²) in [6.45, 7) is 8.75. The first-order valence-corrected chi connectivity index (χ1v) is 9.14. The highest BCUT2D eigenvalue weighted by Gasteiger charge is 2.14. The van der Waals surface area contributed by atoms with E-state index in [1.807, 2.05) is 5.38 Å². The van der Waals surface area contributed by atoms with Crippen molar-refractivity contribution in [1.29, 1.82) is 0 Å². The molecule has 1 aromatic heterocycles. The fraction of sp³-hybridized carbons (Fsp3) is 0.474. The monoisotopic (exact) mass is 330 g/mol. The summed E-state index contributed by atoms with van der Waals surface area (Å²) in [6.07, 6.45) is 3.73. The molecule has 0 radical (unpaired) electrons. The number of nitrogens with one attached hydrogen (secondary N) is 1. The third-order valence-electron chi connectivity index (χ3n) is 3.80. The third-order valence-corrected chi connectivity index (χ3v) is 4.56. The minimum atomic E-state index is 0.0578. The van der Waals surface area contributed by atoms with Crippen molar-refractivity contribution in [1.82, 2.24) is 4.98 Å². The van der Waals surface area contributed by atoms with Crippen LogP contribution in [0.25, 0.3) is 11.3 Å². The van der Waals surface area contributed by atoms with Crippen LogP contribution in [0.15, 0.2) is 29.6 Å². The van der Waals surface area contributed by atoms with E-state index in [1.54, 1.807) is 0 Å². The van der Waals surface area contributed by atoms with E-state index >= 15 is 0 Å². The van der Waals surface area contributed by atoms with Crippen LogP contribution in [0, 0.1) is 0 Å². The summed E-state index contributed by atoms with van der Waals surface area (Å²) < 4.78 is 0. The van der Waals surface area contributed by atoms with Crippen LogP contribution in [0.4, 0.5) is 5.13 Å². The predicted molar refractivity (Wildman–Crippen MR) is 99.0 cm³/mol. The first-order valence-electron chi connectivity index (χ1n) is 8.26. The van der Waals surface area contributed by atoms with Crippen LogP contribution in [0.2, 0.25) is 0 Å². The topological polar surface area (TPSA) is 42.0 Å². The van der Waals surface area contributed by atoms with Crippen molar-refractivity contribution in [2.45, 2.75) is 58.8 Å². The Morgan fingerprint density at radius 1 is 1.17 bits per heavy atom. The molecule has 0 fully saturated rings. The normalized spacial score (nSPS) is 11.5. The van der Waals surface area contributed by atoms with Crippen LogP contribution < -0.4 is 5.32 Å². The molecule has 2 rings (SSSR count). The van der Waals surface area contributed by atoms with Gasteiger partial charge >= 0.3 is 0 Å². The van der Waals surface area contributed by atoms with Gasteiger partial charge < -0.3 is 5.32 Å². The first-order chi connectivity index (χ1) is 10.9. The van der Waals surface area contributed by atoms with Gasteiger partial charge in [-0.25, -0.2) is 4.98 Å². The van der Waals surface area contributed by atoms with E-state index in [-0.39, 0.29) is 11.3 Å². The lowest BCUT2D eigenvalue weighted by atomic mass is 9.86. The maximum Gasteiger partial charge on any atom is 0.226 e. The molecule has 0 aliphatic carbocycles. The molecule has 2 aromatic rings. The van der Waals surface area contributed by atoms with Crippen molar-refractivity contribution >= 4 is 22.4 Å². The van der Waals surface area contributed by atoms with E-state index in [1.165, 1.54) is 16.9 Å². The van der Waals surface area contributed by atoms with Crippen LogP contribution in [-0.4, -0.2) is 10.9 Å². The molecule has 3 nitrogen and oxygen atoms in total. The Balaban J connectivity index is 2.00. The lowest BCUT2D eigenvalue weighted by molar-refractivity contribution is -0.116. The Kier molecular flexibility index (Phi) is 5.94. The largest absolute Gasteiger partial charge is 0.302 e. The molecule has 0 atom stereocenters. The van der Waals surface area contributed by atoms with Crippen molar-refractivity contribution in [3.63, 3.8) is 0 Å². The molecule has 23 heavy (non-hydrogen) atoms. The molecule has 1 heterocycles. The number of benzene rings is 1. The number of unbranched alkanes of at least 4 members (excludes halogenated alkanes) is 2. The molecule has 0 saturated heterocycles. The summed E-state index contributed by atoms with van der Waals surface area (Å²) in [5.74, 6) is 0.0578. The highest BCUT2D eigenvalue weighted by Crippen LogP contribution is 2.28. The maximum atomic E-state index is 11.8. The average molecular weight is 330 g/mol. The molecule has 0 aliphatic heterocycles. The average Bonchev–Trinajstić information content (AvgIpc) is 2.95. The Labute approximate surface area is 143 Å². The molecule has 0 spiro atoms. The van der Waals surface area contributed by atoms with Gasteiger partial charge in [-0.2, -0.15) is 0 Å². The lowest BCUT2D eigenvalue weighted by Crippen LogP contribution is -2.11. The van der Waals surface area contributed by atoms with E-state index in [9.17, 15) is 4.79 Å². The fourth-order valence-electron chi connectivity index (χ4n) is 2.32. The second-order valence-corrected chi connectivity index (χ2v) is 7.73. The second kappa shape index (κ2) is 7.73. The van der Waals surface area contributed by atoms with Gasteiger partial charge in [0.25, 0.3) is 0 Å². The van der Waals surface area contributed by atoms with Crippen molar-refractivity contribution < 1.29 is 4.79 Å². The quantitative estimate of drug-likeness (QED) is 0.698. The number of thiazole rings is 1. The zero-order chi connectivity index (χ0) is 16.9. The Bertz CT molecular complexity index is 638. The van der Waals surface area contributed by atoms with E-state index in [0.29, 0.717) is 11.6 Å². The van der Waals surface area contributed by atoms with Crippen LogP contribution >= 0.6 is 11.3 Å². The molecule has 1 amide bonds.